The topological polar surface area (TPSA) is 24.4 Å². The Balaban J connectivity index is 2.98. The molecule has 1 aromatic carbocycles. The van der Waals surface area contributed by atoms with E-state index in [0.29, 0.717) is 0 Å². The van der Waals surface area contributed by atoms with E-state index in [9.17, 15) is 13.2 Å². The highest BCUT2D eigenvalue weighted by atomic mass is 35.5. The Morgan fingerprint density at radius 2 is 1.65 bits per heavy atom. The monoisotopic (exact) mass is 304 g/mol. The average Bonchev–Trinajstić information content (AvgIpc) is 2.13. The molecule has 0 aromatic heterocycles. The Labute approximate surface area is 110 Å². The third-order valence-electron chi connectivity index (χ3n) is 1.75. The average molecular weight is 306 g/mol. The fraction of sp³-hybridized carbons (Fsp3) is 0.222. The van der Waals surface area contributed by atoms with E-state index in [1.54, 1.807) is 0 Å². The molecular weight excluding hydrogens is 299 g/mol. The number of nitrogens with zero attached hydrogens (tertiary/aromatic N) is 1. The van der Waals surface area contributed by atoms with Gasteiger partial charge in [0.25, 0.3) is 0 Å². The fourth-order valence-corrected chi connectivity index (χ4v) is 1.75. The van der Waals surface area contributed by atoms with Crippen molar-refractivity contribution in [3.05, 3.63) is 27.2 Å². The van der Waals surface area contributed by atoms with Crippen molar-refractivity contribution in [3.63, 3.8) is 0 Å². The van der Waals surface area contributed by atoms with Crippen LogP contribution in [0.4, 0.5) is 18.9 Å². The molecule has 94 valence electrons. The van der Waals surface area contributed by atoms with E-state index in [1.165, 1.54) is 12.1 Å². The summed E-state index contributed by atoms with van der Waals surface area (Å²) in [6.07, 6.45) is -4.50. The van der Waals surface area contributed by atoms with Crippen LogP contribution in [0.15, 0.2) is 17.2 Å². The summed E-state index contributed by atoms with van der Waals surface area (Å²) in [4.78, 5) is 0. The van der Waals surface area contributed by atoms with Crippen LogP contribution >= 0.6 is 34.8 Å². The molecule has 0 saturated heterocycles. The van der Waals surface area contributed by atoms with Crippen molar-refractivity contribution in [2.75, 3.05) is 5.43 Å². The van der Waals surface area contributed by atoms with Crippen LogP contribution < -0.4 is 5.43 Å². The number of nitrogens with one attached hydrogen (secondary N) is 1. The zero-order chi connectivity index (χ0) is 13.2. The largest absolute Gasteiger partial charge is 0.430 e. The summed E-state index contributed by atoms with van der Waals surface area (Å²) in [7, 11) is 0. The lowest BCUT2D eigenvalue weighted by molar-refractivity contribution is -0.0592. The van der Waals surface area contributed by atoms with Crippen molar-refractivity contribution in [3.8, 4) is 0 Å². The molecule has 0 saturated carbocycles. The number of halogens is 6. The predicted octanol–water partition coefficient (Wildman–Crippen LogP) is 5.00. The molecule has 0 aliphatic rings. The van der Waals surface area contributed by atoms with E-state index in [0.717, 1.165) is 6.92 Å². The Morgan fingerprint density at radius 1 is 1.18 bits per heavy atom. The molecule has 1 aromatic rings. The summed E-state index contributed by atoms with van der Waals surface area (Å²) in [5.74, 6) is 0. The minimum absolute atomic E-state index is 0.0707. The molecule has 0 aliphatic carbocycles. The Hall–Kier alpha value is -0.650. The lowest BCUT2D eigenvalue weighted by atomic mass is 10.3. The zero-order valence-electron chi connectivity index (χ0n) is 8.37. The number of benzene rings is 1. The van der Waals surface area contributed by atoms with Crippen LogP contribution in [0.1, 0.15) is 6.92 Å². The molecule has 2 nitrogen and oxygen atoms in total. The minimum atomic E-state index is -4.50. The van der Waals surface area contributed by atoms with Crippen molar-refractivity contribution in [2.45, 2.75) is 13.1 Å². The van der Waals surface area contributed by atoms with E-state index in [4.69, 9.17) is 34.8 Å². The molecule has 0 spiro atoms. The normalized spacial score (nSPS) is 12.8. The van der Waals surface area contributed by atoms with E-state index in [-0.39, 0.29) is 20.8 Å². The maximum absolute atomic E-state index is 12.2. The third kappa shape index (κ3) is 3.94. The molecule has 0 unspecified atom stereocenters. The Bertz CT molecular complexity index is 434. The van der Waals surface area contributed by atoms with E-state index >= 15 is 0 Å². The lowest BCUT2D eigenvalue weighted by Crippen LogP contribution is -2.20. The molecule has 0 atom stereocenters. The van der Waals surface area contributed by atoms with Crippen molar-refractivity contribution >= 4 is 46.2 Å². The number of rotatable bonds is 2. The Morgan fingerprint density at radius 3 is 2.06 bits per heavy atom. The van der Waals surface area contributed by atoms with Crippen LogP contribution in [0, 0.1) is 0 Å². The first-order chi connectivity index (χ1) is 7.71. The summed E-state index contributed by atoms with van der Waals surface area (Å²) in [6.45, 7) is 0.824. The SMILES string of the molecule is C/C(=N\Nc1c(Cl)cc(Cl)cc1Cl)C(F)(F)F. The van der Waals surface area contributed by atoms with E-state index in [2.05, 4.69) is 10.5 Å². The number of anilines is 1. The molecule has 0 aliphatic heterocycles. The number of hydrogen-bond acceptors (Lipinski definition) is 2. The van der Waals surface area contributed by atoms with Crippen molar-refractivity contribution < 1.29 is 13.2 Å². The number of hydrogen-bond donors (Lipinski definition) is 1. The second-order valence-electron chi connectivity index (χ2n) is 3.05. The molecule has 8 heteroatoms. The highest BCUT2D eigenvalue weighted by Crippen LogP contribution is 2.33. The molecule has 1 rings (SSSR count). The summed E-state index contributed by atoms with van der Waals surface area (Å²) in [6, 6.07) is 2.69. The van der Waals surface area contributed by atoms with Crippen molar-refractivity contribution in [1.29, 1.82) is 0 Å². The summed E-state index contributed by atoms with van der Waals surface area (Å²) >= 11 is 17.1. The first kappa shape index (κ1) is 14.4. The maximum atomic E-state index is 12.2. The van der Waals surface area contributed by atoms with E-state index in [1.807, 2.05) is 0 Å². The van der Waals surface area contributed by atoms with Crippen LogP contribution in [0.2, 0.25) is 15.1 Å². The van der Waals surface area contributed by atoms with Crippen LogP contribution in [0.5, 0.6) is 0 Å². The molecule has 1 N–H and O–H groups in total. The highest BCUT2D eigenvalue weighted by molar-refractivity contribution is 6.41. The fourth-order valence-electron chi connectivity index (χ4n) is 0.852. The lowest BCUT2D eigenvalue weighted by Gasteiger charge is -2.09. The first-order valence-electron chi connectivity index (χ1n) is 4.24. The molecule has 17 heavy (non-hydrogen) atoms. The van der Waals surface area contributed by atoms with Gasteiger partial charge in [-0.05, 0) is 19.1 Å². The van der Waals surface area contributed by atoms with Crippen LogP contribution in [-0.4, -0.2) is 11.9 Å². The van der Waals surface area contributed by atoms with Gasteiger partial charge in [0.1, 0.15) is 5.71 Å². The molecule has 0 fully saturated rings. The van der Waals surface area contributed by atoms with Gasteiger partial charge in [-0.25, -0.2) is 0 Å². The van der Waals surface area contributed by atoms with E-state index < -0.39 is 11.9 Å². The first-order valence-corrected chi connectivity index (χ1v) is 5.37. The number of alkyl halides is 3. The molecule has 0 amide bonds. The smallest absolute Gasteiger partial charge is 0.275 e. The quantitative estimate of drug-likeness (QED) is 0.603. The highest BCUT2D eigenvalue weighted by Gasteiger charge is 2.32. The van der Waals surface area contributed by atoms with Gasteiger partial charge >= 0.3 is 6.18 Å². The van der Waals surface area contributed by atoms with Gasteiger partial charge in [-0.2, -0.15) is 18.3 Å². The third-order valence-corrected chi connectivity index (χ3v) is 2.57. The van der Waals surface area contributed by atoms with Crippen LogP contribution in [0.25, 0.3) is 0 Å². The van der Waals surface area contributed by atoms with Gasteiger partial charge in [0.15, 0.2) is 0 Å². The predicted molar refractivity (Wildman–Crippen MR) is 64.3 cm³/mol. The molecular formula is C9H6Cl3F3N2. The Kier molecular flexibility index (Phi) is 4.52. The molecule has 0 heterocycles. The van der Waals surface area contributed by atoms with Gasteiger partial charge in [-0.3, -0.25) is 5.43 Å². The van der Waals surface area contributed by atoms with Gasteiger partial charge in [0.2, 0.25) is 0 Å². The maximum Gasteiger partial charge on any atom is 0.430 e. The molecule has 0 bridgehead atoms. The van der Waals surface area contributed by atoms with Gasteiger partial charge in [-0.1, -0.05) is 34.8 Å². The standard InChI is InChI=1S/C9H6Cl3F3N2/c1-4(9(13,14)15)16-17-8-6(11)2-5(10)3-7(8)12/h2-3,17H,1H3/b16-4+. The van der Waals surface area contributed by atoms with Gasteiger partial charge in [-0.15, -0.1) is 0 Å². The van der Waals surface area contributed by atoms with Gasteiger partial charge in [0.05, 0.1) is 15.7 Å². The van der Waals surface area contributed by atoms with Gasteiger partial charge in [0, 0.05) is 5.02 Å². The summed E-state index contributed by atoms with van der Waals surface area (Å²) < 4.78 is 36.5. The van der Waals surface area contributed by atoms with Crippen molar-refractivity contribution in [2.24, 2.45) is 5.10 Å². The van der Waals surface area contributed by atoms with Crippen molar-refractivity contribution in [1.82, 2.24) is 0 Å². The minimum Gasteiger partial charge on any atom is -0.275 e. The van der Waals surface area contributed by atoms with Gasteiger partial charge < -0.3 is 0 Å². The summed E-state index contributed by atoms with van der Waals surface area (Å²) in [5, 5.41) is 3.60. The zero-order valence-corrected chi connectivity index (χ0v) is 10.6. The second kappa shape index (κ2) is 5.33. The van der Waals surface area contributed by atoms with Crippen LogP contribution in [0.3, 0.4) is 0 Å². The number of hydrazone groups is 1. The van der Waals surface area contributed by atoms with Crippen LogP contribution in [-0.2, 0) is 0 Å². The summed E-state index contributed by atoms with van der Waals surface area (Å²) in [5.41, 5.74) is 1.19. The second-order valence-corrected chi connectivity index (χ2v) is 4.30. The molecule has 0 radical (unpaired) electrons.